The summed E-state index contributed by atoms with van der Waals surface area (Å²) in [7, 11) is 16.0. The molecule has 0 saturated heterocycles. The van der Waals surface area contributed by atoms with E-state index in [2.05, 4.69) is 21.1 Å². The molecule has 0 aliphatic heterocycles. The monoisotopic (exact) mass is 794 g/mol. The van der Waals surface area contributed by atoms with E-state index in [-0.39, 0.29) is 54.7 Å². The molecule has 0 saturated carbocycles. The van der Waals surface area contributed by atoms with Gasteiger partial charge in [0.05, 0.1) is 6.04 Å². The number of nitrogens with two attached hydrogens (primary N) is 1. The summed E-state index contributed by atoms with van der Waals surface area (Å²) in [5.41, 5.74) is 4.50. The van der Waals surface area contributed by atoms with Gasteiger partial charge in [0, 0.05) is 75.7 Å². The molecule has 0 spiro atoms. The van der Waals surface area contributed by atoms with Crippen LogP contribution in [-0.2, 0) is 48.1 Å². The van der Waals surface area contributed by atoms with E-state index in [1.165, 1.54) is 63.3 Å². The van der Waals surface area contributed by atoms with Crippen molar-refractivity contribution in [2.24, 2.45) is 5.73 Å². The fourth-order valence-corrected chi connectivity index (χ4v) is 2.03. The first-order chi connectivity index (χ1) is 23.2. The Labute approximate surface area is 322 Å². The van der Waals surface area contributed by atoms with Crippen molar-refractivity contribution in [1.29, 1.82) is 0 Å². The predicted molar refractivity (Wildman–Crippen MR) is 215 cm³/mol. The molecule has 4 atom stereocenters. The summed E-state index contributed by atoms with van der Waals surface area (Å²) in [5.74, 6) is -0.698. The second-order valence-electron chi connectivity index (χ2n) is 11.6. The minimum atomic E-state index is -2.67. The molecule has 5 N–H and O–H groups in total. The standard InChI is InChI=1S/C8H16N2O2.C6H14N2O.C6H10O3.C5H11NO2.C3H6O.C2H7N.C2H6O2S.CH5N.CH4/c1-6(8(12)9(3)4)10(5)7(2)11;1-5(7-2)6(9)8(3)4;1-4(7)5(2)9-6(3)8;1-4(7)5(8)6(2)3;1-3(2)4;1-3-2;1-5(2,3)4;1-2;/h6H,1-5H3;5,7H,1-4H3;5H,1-3H3;4,7H,1-3H3;1-2H3;3H,1-2H3;1-2H3;2H2,1H3;1H4. The molecule has 0 heterocycles. The molecule has 0 aromatic carbocycles. The third kappa shape index (κ3) is 70.7. The average molecular weight is 794 g/mol. The molecule has 19 heteroatoms. The number of nitrogens with one attached hydrogen (secondary N) is 2. The molecule has 0 fully saturated rings. The maximum Gasteiger partial charge on any atom is 0.303 e. The number of ketones is 2. The van der Waals surface area contributed by atoms with Crippen molar-refractivity contribution in [3.05, 3.63) is 0 Å². The SMILES string of the molecule is C.CC(=O)N(C)C(C)C(=O)N(C)C.CC(=O)OC(C)C(C)=O.CC(C)=O.CC(O)C(=O)N(C)C.CN.CNC.CNC(C)C(=O)N(C)C.CS(C)(=O)=O. The Morgan fingerprint density at radius 1 is 0.660 bits per heavy atom. The number of ether oxygens (including phenoxy) is 1. The number of carbonyl (C=O) groups excluding carboxylic acids is 7. The van der Waals surface area contributed by atoms with Gasteiger partial charge in [-0.25, -0.2) is 8.42 Å². The van der Waals surface area contributed by atoms with Crippen molar-refractivity contribution in [3.63, 3.8) is 0 Å². The van der Waals surface area contributed by atoms with E-state index >= 15 is 0 Å². The summed E-state index contributed by atoms with van der Waals surface area (Å²) in [6, 6.07) is -0.447. The van der Waals surface area contributed by atoms with Crippen molar-refractivity contribution < 1.29 is 51.8 Å². The number of aliphatic hydroxyl groups excluding tert-OH is 1. The Bertz CT molecular complexity index is 1060. The summed E-state index contributed by atoms with van der Waals surface area (Å²) in [5, 5.41) is 14.2. The third-order valence-electron chi connectivity index (χ3n) is 4.83. The fraction of sp³-hybridized carbons (Fsp3) is 0.794. The van der Waals surface area contributed by atoms with E-state index in [4.69, 9.17) is 5.11 Å². The quantitative estimate of drug-likeness (QED) is 0.246. The highest BCUT2D eigenvalue weighted by Crippen LogP contribution is 1.99. The van der Waals surface area contributed by atoms with E-state index in [9.17, 15) is 42.0 Å². The molecule has 0 aromatic heterocycles. The number of esters is 1. The van der Waals surface area contributed by atoms with Gasteiger partial charge in [-0.1, -0.05) is 7.43 Å². The van der Waals surface area contributed by atoms with Crippen LogP contribution in [-0.4, -0.2) is 189 Å². The van der Waals surface area contributed by atoms with E-state index in [0.29, 0.717) is 0 Å². The van der Waals surface area contributed by atoms with Crippen LogP contribution in [0.4, 0.5) is 0 Å². The van der Waals surface area contributed by atoms with Crippen molar-refractivity contribution in [2.75, 3.05) is 90.0 Å². The smallest absolute Gasteiger partial charge is 0.303 e. The number of Topliss-reactive ketones (excluding diaryl/α,β-unsaturated/α-hetero) is 2. The number of rotatable bonds is 7. The molecular weight excluding hydrogens is 714 g/mol. The van der Waals surface area contributed by atoms with Gasteiger partial charge in [-0.15, -0.1) is 0 Å². The van der Waals surface area contributed by atoms with Crippen LogP contribution in [0.25, 0.3) is 0 Å². The maximum absolute atomic E-state index is 11.3. The minimum absolute atomic E-state index is 0. The number of hydrogen-bond donors (Lipinski definition) is 4. The van der Waals surface area contributed by atoms with Crippen LogP contribution in [0.1, 0.15) is 69.7 Å². The van der Waals surface area contributed by atoms with Crippen molar-refractivity contribution in [3.8, 4) is 0 Å². The number of sulfone groups is 1. The molecule has 4 amide bonds. The largest absolute Gasteiger partial charge is 0.455 e. The lowest BCUT2D eigenvalue weighted by Gasteiger charge is -2.25. The van der Waals surface area contributed by atoms with Crippen LogP contribution in [0.15, 0.2) is 0 Å². The highest BCUT2D eigenvalue weighted by atomic mass is 32.2. The molecule has 0 aliphatic rings. The molecule has 0 radical (unpaired) electrons. The first kappa shape index (κ1) is 71.0. The van der Waals surface area contributed by atoms with Crippen LogP contribution < -0.4 is 16.4 Å². The van der Waals surface area contributed by atoms with Gasteiger partial charge in [-0.2, -0.15) is 0 Å². The lowest BCUT2D eigenvalue weighted by molar-refractivity contribution is -0.151. The number of nitrogens with zero attached hydrogens (tertiary/aromatic N) is 4. The van der Waals surface area contributed by atoms with Gasteiger partial charge in [0.2, 0.25) is 17.7 Å². The topological polar surface area (TPSA) is 246 Å². The fourth-order valence-electron chi connectivity index (χ4n) is 2.03. The zero-order valence-electron chi connectivity index (χ0n) is 36.1. The normalized spacial score (nSPS) is 11.0. The lowest BCUT2D eigenvalue weighted by atomic mass is 10.2. The molecule has 53 heavy (non-hydrogen) atoms. The van der Waals surface area contributed by atoms with E-state index in [0.717, 1.165) is 12.5 Å². The van der Waals surface area contributed by atoms with Gasteiger partial charge in [0.1, 0.15) is 27.8 Å². The summed E-state index contributed by atoms with van der Waals surface area (Å²) >= 11 is 0. The number of aliphatic hydroxyl groups is 1. The molecule has 322 valence electrons. The van der Waals surface area contributed by atoms with E-state index < -0.39 is 28.0 Å². The maximum atomic E-state index is 11.3. The predicted octanol–water partition coefficient (Wildman–Crippen LogP) is -0.0910. The van der Waals surface area contributed by atoms with Crippen LogP contribution in [0.2, 0.25) is 0 Å². The number of hydrogen-bond acceptors (Lipinski definition) is 14. The van der Waals surface area contributed by atoms with Gasteiger partial charge in [-0.3, -0.25) is 28.8 Å². The summed E-state index contributed by atoms with van der Waals surface area (Å²) in [6.45, 7) is 13.7. The Morgan fingerprint density at radius 2 is 0.925 bits per heavy atom. The van der Waals surface area contributed by atoms with Crippen molar-refractivity contribution in [1.82, 2.24) is 30.2 Å². The highest BCUT2D eigenvalue weighted by Gasteiger charge is 2.20. The Kier molecular flexibility index (Phi) is 57.4. The zero-order chi connectivity index (χ0) is 44.3. The minimum Gasteiger partial charge on any atom is -0.455 e. The summed E-state index contributed by atoms with van der Waals surface area (Å²) in [6.07, 6.45) is 0.854. The lowest BCUT2D eigenvalue weighted by Crippen LogP contribution is -2.44. The molecule has 0 bridgehead atoms. The molecule has 4 unspecified atom stereocenters. The molecule has 0 rings (SSSR count). The second-order valence-corrected chi connectivity index (χ2v) is 13.9. The molecular formula is C34H79N7O11S. The average Bonchev–Trinajstić information content (AvgIpc) is 2.99. The zero-order valence-corrected chi connectivity index (χ0v) is 36.9. The first-order valence-electron chi connectivity index (χ1n) is 15.9. The highest BCUT2D eigenvalue weighted by molar-refractivity contribution is 7.89. The van der Waals surface area contributed by atoms with Gasteiger partial charge < -0.3 is 50.6 Å². The number of amides is 4. The summed E-state index contributed by atoms with van der Waals surface area (Å²) in [4.78, 5) is 79.5. The first-order valence-corrected chi connectivity index (χ1v) is 18.2. The van der Waals surface area contributed by atoms with E-state index in [1.54, 1.807) is 75.1 Å². The van der Waals surface area contributed by atoms with Gasteiger partial charge in [0.15, 0.2) is 11.9 Å². The van der Waals surface area contributed by atoms with Crippen LogP contribution in [0, 0.1) is 0 Å². The van der Waals surface area contributed by atoms with Gasteiger partial charge in [-0.05, 0) is 76.7 Å². The third-order valence-corrected chi connectivity index (χ3v) is 4.83. The molecule has 18 nitrogen and oxygen atoms in total. The second kappa shape index (κ2) is 42.9. The van der Waals surface area contributed by atoms with Gasteiger partial charge in [0.25, 0.3) is 5.91 Å². The number of carbonyl (C=O) groups is 7. The van der Waals surface area contributed by atoms with E-state index in [1.807, 2.05) is 21.0 Å². The van der Waals surface area contributed by atoms with Crippen LogP contribution in [0.5, 0.6) is 0 Å². The Morgan fingerprint density at radius 3 is 1.02 bits per heavy atom. The van der Waals surface area contributed by atoms with Crippen molar-refractivity contribution >= 4 is 51.0 Å². The molecule has 0 aromatic rings. The number of likely N-dealkylation sites (N-methyl/N-ethyl adjacent to an activating group) is 5. The van der Waals surface area contributed by atoms with Crippen LogP contribution >= 0.6 is 0 Å². The molecule has 0 aliphatic carbocycles. The Balaban J connectivity index is -0.0000000623. The Hall–Kier alpha value is -3.52. The van der Waals surface area contributed by atoms with Crippen molar-refractivity contribution in [2.45, 2.75) is 94.0 Å². The van der Waals surface area contributed by atoms with Crippen LogP contribution in [0.3, 0.4) is 0 Å². The summed E-state index contributed by atoms with van der Waals surface area (Å²) < 4.78 is 23.8. The van der Waals surface area contributed by atoms with Gasteiger partial charge >= 0.3 is 5.97 Å².